The number of rotatable bonds is 17. The predicted molar refractivity (Wildman–Crippen MR) is 524 cm³/mol. The van der Waals surface area contributed by atoms with Gasteiger partial charge in [-0.15, -0.1) is 89.3 Å². The number of benzene rings is 2. The molecule has 0 amide bonds. The van der Waals surface area contributed by atoms with Crippen LogP contribution < -0.4 is 10.4 Å². The number of hydrogen-bond donors (Lipinski definition) is 0. The number of fused-ring (bicyclic) bond motifs is 9. The van der Waals surface area contributed by atoms with Crippen molar-refractivity contribution in [3.8, 4) is 0 Å². The topological polar surface area (TPSA) is 0 Å². The lowest BCUT2D eigenvalue weighted by molar-refractivity contribution is 0.433. The maximum atomic E-state index is 5.30. The third-order valence-corrected chi connectivity index (χ3v) is 46.6. The quantitative estimate of drug-likeness (QED) is 0.0841. The molecule has 17 atom stereocenters. The third kappa shape index (κ3) is 24.3. The number of hydrogen-bond acceptors (Lipinski definition) is 0. The number of allylic oxidation sites excluding steroid dienone is 27. The summed E-state index contributed by atoms with van der Waals surface area (Å²) in [5, 5.41) is 3.33. The lowest BCUT2D eigenvalue weighted by atomic mass is 9.74. The Balaban J connectivity index is 0.000000181. The molecule has 0 spiro atoms. The van der Waals surface area contributed by atoms with E-state index in [1.165, 1.54) is 95.9 Å². The Morgan fingerprint density at radius 3 is 0.957 bits per heavy atom. The number of halogens is 6. The highest BCUT2D eigenvalue weighted by Crippen LogP contribution is 2.68. The highest BCUT2D eigenvalue weighted by Gasteiger charge is 2.63. The van der Waals surface area contributed by atoms with Crippen molar-refractivity contribution >= 4 is 104 Å². The molecule has 0 radical (unpaired) electrons. The zero-order chi connectivity index (χ0) is 84.7. The van der Waals surface area contributed by atoms with E-state index in [4.69, 9.17) is 69.6 Å². The van der Waals surface area contributed by atoms with Gasteiger partial charge in [-0.3, -0.25) is 0 Å². The highest BCUT2D eigenvalue weighted by atomic mass is 35.5. The first-order valence-corrected chi connectivity index (χ1v) is 55.5. The van der Waals surface area contributed by atoms with E-state index in [-0.39, 0.29) is 21.7 Å². The van der Waals surface area contributed by atoms with Crippen LogP contribution in [0.15, 0.2) is 242 Å². The second-order valence-electron chi connectivity index (χ2n) is 43.2. The lowest BCUT2D eigenvalue weighted by Gasteiger charge is -2.48. The van der Waals surface area contributed by atoms with Crippen LogP contribution in [0.3, 0.4) is 0 Å². The van der Waals surface area contributed by atoms with E-state index < -0.39 is 37.2 Å². The minimum Gasteiger partial charge on any atom is -0.103 e. The smallest absolute Gasteiger partial charge is 0.103 e. The van der Waals surface area contributed by atoms with Gasteiger partial charge in [-0.2, -0.15) is 0 Å². The van der Waals surface area contributed by atoms with Gasteiger partial charge in [0.2, 0.25) is 0 Å². The second-order valence-corrected chi connectivity index (χ2v) is 63.9. The van der Waals surface area contributed by atoms with Crippen LogP contribution >= 0.6 is 69.6 Å². The Hall–Kier alpha value is -3.07. The summed E-state index contributed by atoms with van der Waals surface area (Å²) in [5.41, 5.74) is 12.3. The molecule has 9 heteroatoms. The molecule has 2 aromatic rings. The van der Waals surface area contributed by atoms with Crippen molar-refractivity contribution in [2.24, 2.45) is 105 Å². The van der Waals surface area contributed by atoms with E-state index in [2.05, 4.69) is 323 Å². The Labute approximate surface area is 737 Å². The molecule has 17 unspecified atom stereocenters. The molecule has 115 heavy (non-hydrogen) atoms. The van der Waals surface area contributed by atoms with Gasteiger partial charge in [-0.1, -0.05) is 371 Å². The zero-order valence-electron chi connectivity index (χ0n) is 75.3. The van der Waals surface area contributed by atoms with Gasteiger partial charge in [0.1, 0.15) is 21.1 Å². The molecule has 0 aromatic heterocycles. The average Bonchev–Trinajstić information content (AvgIpc) is 1.60. The monoisotopic (exact) mass is 1720 g/mol. The molecule has 0 heterocycles. The van der Waals surface area contributed by atoms with Gasteiger partial charge in [0.15, 0.2) is 0 Å². The fraction of sp³-hybridized carbons (Fsp3) is 0.604. The van der Waals surface area contributed by atoms with E-state index in [1.807, 2.05) is 0 Å². The molecular formula is C106H154Cl6Si3. The Morgan fingerprint density at radius 1 is 0.339 bits per heavy atom. The normalized spacial score (nSPS) is 31.6. The van der Waals surface area contributed by atoms with Gasteiger partial charge in [0.05, 0.1) is 16.1 Å². The first kappa shape index (κ1) is 95.8. The average molecular weight is 1730 g/mol. The van der Waals surface area contributed by atoms with Crippen molar-refractivity contribution in [2.75, 3.05) is 0 Å². The van der Waals surface area contributed by atoms with E-state index in [1.54, 1.807) is 74.2 Å². The molecule has 6 saturated carbocycles. The summed E-state index contributed by atoms with van der Waals surface area (Å²) in [7, 11) is -5.20. The van der Waals surface area contributed by atoms with Gasteiger partial charge in [0, 0.05) is 0 Å². The van der Waals surface area contributed by atoms with Crippen LogP contribution in [-0.2, 0) is 0 Å². The van der Waals surface area contributed by atoms with Gasteiger partial charge in [-0.25, -0.2) is 0 Å². The van der Waals surface area contributed by atoms with Crippen LogP contribution in [0.4, 0.5) is 0 Å². The predicted octanol–water partition coefficient (Wildman–Crippen LogP) is 33.4. The van der Waals surface area contributed by atoms with Gasteiger partial charge in [0.25, 0.3) is 0 Å². The molecule has 6 fully saturated rings. The molecular weight excluding hydrogens is 1570 g/mol. The lowest BCUT2D eigenvalue weighted by Crippen LogP contribution is -2.66. The minimum absolute atomic E-state index is 0.231. The summed E-state index contributed by atoms with van der Waals surface area (Å²) >= 11 is 31.8. The SMILES string of the molecule is C=CCCC1CCC([Si](C)(C)C2C3C=C(C(C)(C)C)C=CC3C3C=CC(C(C)(C)C)=CC32)C1.C=CCCC1CCC([Si](c2ccccc2)(c2ccccc2)C2C3C=CC=CC3C3C=CC=CC32)C1.C=CCC[Si](C)(C1CCCC1)C1C2C=C(C(C)(C)C)C=CC2C2C=CC(C(C)(C)C)=CC21.CC(C)(Cl)Cl.CC(C)(Cl)Cl.CC(C)(Cl)Cl. The standard InChI is InChI=1S/C34H38Si.C32H50Si.C31H48Si.3C3H6Cl2/c1-2-3-14-26-23-24-29(25-26)35(27-15-6-4-7-16-27,28-17-8-5-9-18-28)34-32-21-12-10-19-30(32)31-20-11-13-22-33(31)34;1-10-11-12-22-13-16-25(19-22)33(8,9)30-28-20-23(31(2,3)4)14-17-26(28)27-18-15-24(21-29(27)30)32(5,6)7;1-9-10-19-32(8,24-13-11-12-14-24)29-27-20-22(30(2,3)4)15-17-25(27)26-18-16-23(21-28(26)29)31(5,6)7;3*1-3(2,4)5/h2,4-13,15-22,26,29-34H,1,3,14,23-25H2;10,14-15,17-18,20-22,25-30H,1,11-13,16,19H2,2-9H3;9,15-18,20-21,24-29H,1,10-14,19H2,2-8H3;3*1-2H3. The molecule has 632 valence electrons. The summed E-state index contributed by atoms with van der Waals surface area (Å²) < 4.78 is -1.67. The van der Waals surface area contributed by atoms with Crippen molar-refractivity contribution in [1.82, 2.24) is 0 Å². The minimum atomic E-state index is -2.18. The summed E-state index contributed by atoms with van der Waals surface area (Å²) in [4.78, 5) is 0. The molecule has 0 nitrogen and oxygen atoms in total. The third-order valence-electron chi connectivity index (χ3n) is 29.1. The fourth-order valence-corrected chi connectivity index (χ4v) is 42.4. The van der Waals surface area contributed by atoms with Gasteiger partial charge < -0.3 is 0 Å². The highest BCUT2D eigenvalue weighted by molar-refractivity contribution is 7.04. The summed E-state index contributed by atoms with van der Waals surface area (Å²) in [6.07, 6.45) is 78.1. The van der Waals surface area contributed by atoms with Gasteiger partial charge in [-0.05, 0) is 247 Å². The molecule has 2 aromatic carbocycles. The van der Waals surface area contributed by atoms with Crippen LogP contribution in [-0.4, -0.2) is 37.2 Å². The van der Waals surface area contributed by atoms with Crippen LogP contribution in [0.5, 0.6) is 0 Å². The van der Waals surface area contributed by atoms with Crippen molar-refractivity contribution in [3.63, 3.8) is 0 Å². The fourth-order valence-electron chi connectivity index (χ4n) is 23.9. The van der Waals surface area contributed by atoms with Crippen LogP contribution in [0.2, 0.25) is 58.9 Å². The van der Waals surface area contributed by atoms with Crippen molar-refractivity contribution in [3.05, 3.63) is 242 Å². The first-order chi connectivity index (χ1) is 53.6. The van der Waals surface area contributed by atoms with E-state index >= 15 is 0 Å². The molecule has 14 rings (SSSR count). The molecule has 0 aliphatic heterocycles. The Morgan fingerprint density at radius 2 is 0.635 bits per heavy atom. The van der Waals surface area contributed by atoms with Crippen molar-refractivity contribution < 1.29 is 0 Å². The Kier molecular flexibility index (Phi) is 33.0. The molecule has 0 N–H and O–H groups in total. The molecule has 12 aliphatic carbocycles. The Bertz CT molecular complexity index is 3700. The van der Waals surface area contributed by atoms with Crippen molar-refractivity contribution in [2.45, 2.75) is 293 Å². The zero-order valence-corrected chi connectivity index (χ0v) is 82.8. The molecule has 12 aliphatic rings. The summed E-state index contributed by atoms with van der Waals surface area (Å²) in [6.45, 7) is 59.5. The molecule has 0 bridgehead atoms. The summed E-state index contributed by atoms with van der Waals surface area (Å²) in [6, 6.07) is 25.1. The van der Waals surface area contributed by atoms with E-state index in [9.17, 15) is 0 Å². The van der Waals surface area contributed by atoms with Crippen LogP contribution in [0.1, 0.15) is 221 Å². The summed E-state index contributed by atoms with van der Waals surface area (Å²) in [5.74, 6) is 9.84. The maximum absolute atomic E-state index is 5.30. The van der Waals surface area contributed by atoms with Crippen LogP contribution in [0.25, 0.3) is 0 Å². The van der Waals surface area contributed by atoms with Gasteiger partial charge >= 0.3 is 0 Å². The van der Waals surface area contributed by atoms with E-state index in [0.717, 1.165) is 46.0 Å². The van der Waals surface area contributed by atoms with E-state index in [0.29, 0.717) is 76.6 Å². The maximum Gasteiger partial charge on any atom is 0.125 e. The molecule has 0 saturated heterocycles. The van der Waals surface area contributed by atoms with Crippen molar-refractivity contribution in [1.29, 1.82) is 0 Å². The second kappa shape index (κ2) is 39.6. The largest absolute Gasteiger partial charge is 0.125 e. The van der Waals surface area contributed by atoms with Crippen LogP contribution in [0, 0.1) is 105 Å². The number of alkyl halides is 6. The first-order valence-electron chi connectivity index (χ1n) is 45.0.